The lowest BCUT2D eigenvalue weighted by atomic mass is 10.2. The van der Waals surface area contributed by atoms with Crippen LogP contribution in [-0.2, 0) is 9.53 Å². The highest BCUT2D eigenvalue weighted by Crippen LogP contribution is 2.23. The smallest absolute Gasteiger partial charge is 0.243 e. The Morgan fingerprint density at radius 1 is 1.33 bits per heavy atom. The van der Waals surface area contributed by atoms with Crippen molar-refractivity contribution in [3.8, 4) is 0 Å². The number of carbonyl (C=O) groups excluding carboxylic acids is 1. The van der Waals surface area contributed by atoms with E-state index in [-0.39, 0.29) is 49.2 Å². The zero-order valence-corrected chi connectivity index (χ0v) is 13.8. The predicted octanol–water partition coefficient (Wildman–Crippen LogP) is 2.40. The Hall–Kier alpha value is -1.08. The van der Waals surface area contributed by atoms with E-state index in [9.17, 15) is 9.18 Å². The van der Waals surface area contributed by atoms with Crippen LogP contribution in [0.2, 0.25) is 0 Å². The fourth-order valence-electron chi connectivity index (χ4n) is 1.54. The lowest BCUT2D eigenvalue weighted by molar-refractivity contribution is -0.118. The Labute approximate surface area is 136 Å². The van der Waals surface area contributed by atoms with Crippen LogP contribution >= 0.6 is 24.8 Å². The Balaban J connectivity index is 0. The van der Waals surface area contributed by atoms with Gasteiger partial charge in [0.15, 0.2) is 0 Å². The molecular weight excluding hydrogens is 320 g/mol. The maximum Gasteiger partial charge on any atom is 0.243 e. The standard InChI is InChI=1S/C13H20FN3O2.2ClH/c1-8(2)16-12-6-9(14)4-5-11(12)17-13(18)10(15)7-19-3;;/h4-6,8,10,16H,7,15H2,1-3H3,(H,17,18);2*1H. The van der Waals surface area contributed by atoms with Gasteiger partial charge in [-0.3, -0.25) is 4.79 Å². The van der Waals surface area contributed by atoms with Gasteiger partial charge in [0.05, 0.1) is 18.0 Å². The van der Waals surface area contributed by atoms with Crippen LogP contribution in [0.25, 0.3) is 0 Å². The van der Waals surface area contributed by atoms with Crippen LogP contribution in [-0.4, -0.2) is 31.7 Å². The summed E-state index contributed by atoms with van der Waals surface area (Å²) in [7, 11) is 1.47. The maximum absolute atomic E-state index is 13.2. The van der Waals surface area contributed by atoms with Crippen LogP contribution in [0.5, 0.6) is 0 Å². The minimum Gasteiger partial charge on any atom is -0.383 e. The van der Waals surface area contributed by atoms with Crippen LogP contribution in [0, 0.1) is 5.82 Å². The van der Waals surface area contributed by atoms with Crippen molar-refractivity contribution in [3.05, 3.63) is 24.0 Å². The zero-order valence-electron chi connectivity index (χ0n) is 12.2. The highest BCUT2D eigenvalue weighted by Gasteiger charge is 2.15. The Bertz CT molecular complexity index is 447. The van der Waals surface area contributed by atoms with Crippen molar-refractivity contribution in [1.29, 1.82) is 0 Å². The molecule has 0 radical (unpaired) electrons. The Morgan fingerprint density at radius 2 is 1.95 bits per heavy atom. The highest BCUT2D eigenvalue weighted by atomic mass is 35.5. The number of ether oxygens (including phenoxy) is 1. The minimum atomic E-state index is -0.762. The summed E-state index contributed by atoms with van der Waals surface area (Å²) in [5.74, 6) is -0.748. The molecule has 0 fully saturated rings. The van der Waals surface area contributed by atoms with Crippen molar-refractivity contribution in [1.82, 2.24) is 0 Å². The summed E-state index contributed by atoms with van der Waals surface area (Å²) in [6.45, 7) is 3.97. The van der Waals surface area contributed by atoms with Gasteiger partial charge in [-0.15, -0.1) is 24.8 Å². The van der Waals surface area contributed by atoms with E-state index >= 15 is 0 Å². The summed E-state index contributed by atoms with van der Waals surface area (Å²) in [5, 5.41) is 5.72. The fourth-order valence-corrected chi connectivity index (χ4v) is 1.54. The largest absolute Gasteiger partial charge is 0.383 e. The van der Waals surface area contributed by atoms with Gasteiger partial charge >= 0.3 is 0 Å². The summed E-state index contributed by atoms with van der Waals surface area (Å²) in [4.78, 5) is 11.8. The molecule has 0 aliphatic heterocycles. The van der Waals surface area contributed by atoms with Crippen LogP contribution in [0.3, 0.4) is 0 Å². The average molecular weight is 342 g/mol. The summed E-state index contributed by atoms with van der Waals surface area (Å²) in [6, 6.07) is 3.46. The quantitative estimate of drug-likeness (QED) is 0.742. The predicted molar refractivity (Wildman–Crippen MR) is 88.1 cm³/mol. The number of halogens is 3. The third kappa shape index (κ3) is 7.47. The summed E-state index contributed by atoms with van der Waals surface area (Å²) in [5.41, 5.74) is 6.64. The van der Waals surface area contributed by atoms with E-state index < -0.39 is 6.04 Å². The van der Waals surface area contributed by atoms with Gasteiger partial charge in [0.1, 0.15) is 11.9 Å². The first-order chi connectivity index (χ1) is 8.93. The number of methoxy groups -OCH3 is 1. The Morgan fingerprint density at radius 3 is 2.48 bits per heavy atom. The molecule has 0 bridgehead atoms. The number of hydrogen-bond donors (Lipinski definition) is 3. The van der Waals surface area contributed by atoms with Crippen molar-refractivity contribution in [3.63, 3.8) is 0 Å². The molecule has 1 aromatic carbocycles. The third-order valence-electron chi connectivity index (χ3n) is 2.37. The van der Waals surface area contributed by atoms with Crippen LogP contribution < -0.4 is 16.4 Å². The first kappa shape index (κ1) is 22.2. The van der Waals surface area contributed by atoms with Gasteiger partial charge in [0, 0.05) is 13.2 Å². The molecule has 4 N–H and O–H groups in total. The Kier molecular flexibility index (Phi) is 11.2. The molecule has 1 rings (SSSR count). The van der Waals surface area contributed by atoms with Crippen molar-refractivity contribution < 1.29 is 13.9 Å². The van der Waals surface area contributed by atoms with Gasteiger partial charge in [-0.25, -0.2) is 4.39 Å². The lowest BCUT2D eigenvalue weighted by Crippen LogP contribution is -2.39. The second-order valence-electron chi connectivity index (χ2n) is 4.54. The summed E-state index contributed by atoms with van der Waals surface area (Å²) in [6.07, 6.45) is 0. The molecule has 1 atom stereocenters. The number of nitrogens with two attached hydrogens (primary N) is 1. The molecule has 0 saturated heterocycles. The molecule has 0 aliphatic rings. The summed E-state index contributed by atoms with van der Waals surface area (Å²) < 4.78 is 18.0. The molecule has 1 unspecified atom stereocenters. The fraction of sp³-hybridized carbons (Fsp3) is 0.462. The number of hydrogen-bond acceptors (Lipinski definition) is 4. The monoisotopic (exact) mass is 341 g/mol. The lowest BCUT2D eigenvalue weighted by Gasteiger charge is -2.17. The number of nitrogens with one attached hydrogen (secondary N) is 2. The second-order valence-corrected chi connectivity index (χ2v) is 4.54. The van der Waals surface area contributed by atoms with Gasteiger partial charge in [-0.2, -0.15) is 0 Å². The summed E-state index contributed by atoms with van der Waals surface area (Å²) >= 11 is 0. The molecule has 8 heteroatoms. The number of anilines is 2. The van der Waals surface area contributed by atoms with Gasteiger partial charge in [0.2, 0.25) is 5.91 Å². The van der Waals surface area contributed by atoms with E-state index in [0.717, 1.165) is 0 Å². The molecule has 0 heterocycles. The third-order valence-corrected chi connectivity index (χ3v) is 2.37. The van der Waals surface area contributed by atoms with Crippen LogP contribution in [0.15, 0.2) is 18.2 Å². The first-order valence-electron chi connectivity index (χ1n) is 6.05. The highest BCUT2D eigenvalue weighted by molar-refractivity contribution is 5.97. The molecule has 1 amide bonds. The molecule has 0 saturated carbocycles. The first-order valence-corrected chi connectivity index (χ1v) is 6.05. The van der Waals surface area contributed by atoms with Crippen molar-refractivity contribution in [2.45, 2.75) is 25.9 Å². The number of benzene rings is 1. The van der Waals surface area contributed by atoms with Crippen molar-refractivity contribution in [2.24, 2.45) is 5.73 Å². The molecule has 0 aliphatic carbocycles. The van der Waals surface area contributed by atoms with E-state index in [1.807, 2.05) is 13.8 Å². The average Bonchev–Trinajstić information content (AvgIpc) is 2.32. The normalized spacial score (nSPS) is 11.1. The topological polar surface area (TPSA) is 76.4 Å². The molecule has 21 heavy (non-hydrogen) atoms. The molecule has 0 aromatic heterocycles. The zero-order chi connectivity index (χ0) is 14.4. The van der Waals surface area contributed by atoms with Crippen molar-refractivity contribution >= 4 is 42.1 Å². The van der Waals surface area contributed by atoms with Gasteiger partial charge in [-0.1, -0.05) is 0 Å². The number of amides is 1. The molecule has 5 nitrogen and oxygen atoms in total. The van der Waals surface area contributed by atoms with E-state index in [1.54, 1.807) is 0 Å². The second kappa shape index (κ2) is 10.6. The molecular formula is C13H22Cl2FN3O2. The van der Waals surface area contributed by atoms with E-state index in [4.69, 9.17) is 10.5 Å². The van der Waals surface area contributed by atoms with E-state index in [2.05, 4.69) is 10.6 Å². The van der Waals surface area contributed by atoms with Crippen molar-refractivity contribution in [2.75, 3.05) is 24.4 Å². The SMILES string of the molecule is COCC(N)C(=O)Nc1ccc(F)cc1NC(C)C.Cl.Cl. The van der Waals surface area contributed by atoms with Gasteiger partial charge in [-0.05, 0) is 32.0 Å². The van der Waals surface area contributed by atoms with E-state index in [1.165, 1.54) is 25.3 Å². The number of carbonyl (C=O) groups is 1. The van der Waals surface area contributed by atoms with E-state index in [0.29, 0.717) is 11.4 Å². The minimum absolute atomic E-state index is 0. The van der Waals surface area contributed by atoms with Gasteiger partial charge < -0.3 is 21.1 Å². The number of rotatable bonds is 6. The molecule has 1 aromatic rings. The van der Waals surface area contributed by atoms with Crippen LogP contribution in [0.1, 0.15) is 13.8 Å². The maximum atomic E-state index is 13.2. The molecule has 122 valence electrons. The molecule has 0 spiro atoms. The van der Waals surface area contributed by atoms with Crippen LogP contribution in [0.4, 0.5) is 15.8 Å². The van der Waals surface area contributed by atoms with Gasteiger partial charge in [0.25, 0.3) is 0 Å².